The molecule has 0 aromatic heterocycles. The van der Waals surface area contributed by atoms with E-state index in [2.05, 4.69) is 22.6 Å². The average Bonchev–Trinajstić information content (AvgIpc) is 2.17. The summed E-state index contributed by atoms with van der Waals surface area (Å²) in [5.41, 5.74) is 1.01. The van der Waals surface area contributed by atoms with Crippen molar-refractivity contribution in [2.45, 2.75) is 0 Å². The summed E-state index contributed by atoms with van der Waals surface area (Å²) in [5, 5.41) is 0.748. The lowest BCUT2D eigenvalue weighted by molar-refractivity contribution is 0.415. The van der Waals surface area contributed by atoms with Crippen molar-refractivity contribution in [3.05, 3.63) is 33.9 Å². The van der Waals surface area contributed by atoms with Crippen molar-refractivity contribution in [3.63, 3.8) is 0 Å². The van der Waals surface area contributed by atoms with Crippen LogP contribution in [0.5, 0.6) is 5.75 Å². The second-order valence-electron chi connectivity index (χ2n) is 2.19. The van der Waals surface area contributed by atoms with E-state index in [1.807, 2.05) is 28.3 Å². The highest BCUT2D eigenvalue weighted by Crippen LogP contribution is 2.22. The lowest BCUT2D eigenvalue weighted by atomic mass is 10.2. The minimum absolute atomic E-state index is 0.748. The molecule has 1 aromatic carbocycles. The van der Waals surface area contributed by atoms with Gasteiger partial charge in [-0.2, -0.15) is 0 Å². The van der Waals surface area contributed by atoms with E-state index in [0.29, 0.717) is 0 Å². The predicted molar refractivity (Wildman–Crippen MR) is 60.8 cm³/mol. The van der Waals surface area contributed by atoms with E-state index in [9.17, 15) is 0 Å². The molecule has 0 aliphatic carbocycles. The van der Waals surface area contributed by atoms with Gasteiger partial charge in [0.05, 0.1) is 12.1 Å². The third kappa shape index (κ3) is 2.38. The zero-order valence-electron chi connectivity index (χ0n) is 6.55. The third-order valence-corrected chi connectivity index (χ3v) is 2.78. The van der Waals surface area contributed by atoms with Crippen LogP contribution in [0.15, 0.2) is 28.3 Å². The molecule has 1 aromatic rings. The van der Waals surface area contributed by atoms with E-state index in [1.165, 1.54) is 0 Å². The molecule has 0 spiro atoms. The number of methoxy groups -OCH3 is 1. The van der Waals surface area contributed by atoms with E-state index >= 15 is 0 Å². The molecule has 0 radical (unpaired) electrons. The maximum atomic E-state index is 5.90. The van der Waals surface area contributed by atoms with Crippen molar-refractivity contribution in [1.29, 1.82) is 0 Å². The molecule has 12 heavy (non-hydrogen) atoms. The van der Waals surface area contributed by atoms with Gasteiger partial charge in [-0.3, -0.25) is 0 Å². The van der Waals surface area contributed by atoms with Crippen LogP contribution in [0.2, 0.25) is 0 Å². The van der Waals surface area contributed by atoms with Gasteiger partial charge >= 0.3 is 0 Å². The number of hydrogen-bond donors (Lipinski definition) is 0. The summed E-state index contributed by atoms with van der Waals surface area (Å²) in [5.74, 6) is 0.844. The first kappa shape index (κ1) is 9.86. The number of ether oxygens (including phenoxy) is 1. The fraction of sp³-hybridized carbons (Fsp3) is 0.111. The topological polar surface area (TPSA) is 9.23 Å². The van der Waals surface area contributed by atoms with E-state index in [4.69, 9.17) is 16.3 Å². The SMILES string of the molecule is COc1ccc(/C(Cl)=C\I)cc1. The van der Waals surface area contributed by atoms with E-state index < -0.39 is 0 Å². The van der Waals surface area contributed by atoms with Gasteiger partial charge in [-0.15, -0.1) is 0 Å². The Hall–Kier alpha value is -0.220. The van der Waals surface area contributed by atoms with Gasteiger partial charge in [-0.1, -0.05) is 34.2 Å². The van der Waals surface area contributed by atoms with Crippen molar-refractivity contribution in [1.82, 2.24) is 0 Å². The van der Waals surface area contributed by atoms with Crippen LogP contribution in [-0.4, -0.2) is 7.11 Å². The van der Waals surface area contributed by atoms with Crippen LogP contribution in [0.3, 0.4) is 0 Å². The van der Waals surface area contributed by atoms with E-state index in [-0.39, 0.29) is 0 Å². The quantitative estimate of drug-likeness (QED) is 0.756. The first-order valence-electron chi connectivity index (χ1n) is 3.38. The summed E-state index contributed by atoms with van der Waals surface area (Å²) in [6.07, 6.45) is 0. The normalized spacial score (nSPS) is 11.4. The number of halogens is 2. The highest BCUT2D eigenvalue weighted by atomic mass is 127. The second-order valence-corrected chi connectivity index (χ2v) is 3.22. The molecule has 0 saturated heterocycles. The van der Waals surface area contributed by atoms with Crippen LogP contribution in [0.4, 0.5) is 0 Å². The Balaban J connectivity index is 2.92. The van der Waals surface area contributed by atoms with Crippen molar-refractivity contribution >= 4 is 39.2 Å². The Morgan fingerprint density at radius 3 is 2.42 bits per heavy atom. The minimum atomic E-state index is 0.748. The first-order chi connectivity index (χ1) is 5.77. The Morgan fingerprint density at radius 2 is 2.00 bits per heavy atom. The second kappa shape index (κ2) is 4.72. The Kier molecular flexibility index (Phi) is 3.88. The van der Waals surface area contributed by atoms with Crippen LogP contribution < -0.4 is 4.74 Å². The van der Waals surface area contributed by atoms with Gasteiger partial charge in [0, 0.05) is 0 Å². The van der Waals surface area contributed by atoms with Crippen molar-refractivity contribution in [2.75, 3.05) is 7.11 Å². The Labute approximate surface area is 90.5 Å². The molecular weight excluding hydrogens is 286 g/mol. The molecule has 1 nitrogen and oxygen atoms in total. The lowest BCUT2D eigenvalue weighted by Crippen LogP contribution is -1.82. The standard InChI is InChI=1S/C9H8ClIO/c1-12-8-4-2-7(3-5-8)9(10)6-11/h2-6H,1H3/b9-6+. The summed E-state index contributed by atoms with van der Waals surface area (Å²) in [7, 11) is 1.64. The lowest BCUT2D eigenvalue weighted by Gasteiger charge is -2.00. The van der Waals surface area contributed by atoms with E-state index in [1.54, 1.807) is 7.11 Å². The number of benzene rings is 1. The summed E-state index contributed by atoms with van der Waals surface area (Å²) in [6, 6.07) is 7.63. The van der Waals surface area contributed by atoms with Gasteiger partial charge in [-0.05, 0) is 33.9 Å². The van der Waals surface area contributed by atoms with Crippen LogP contribution in [0.25, 0.3) is 5.03 Å². The van der Waals surface area contributed by atoms with E-state index in [0.717, 1.165) is 16.3 Å². The fourth-order valence-electron chi connectivity index (χ4n) is 0.813. The van der Waals surface area contributed by atoms with Gasteiger partial charge in [-0.25, -0.2) is 0 Å². The van der Waals surface area contributed by atoms with Gasteiger partial charge in [0.15, 0.2) is 0 Å². The molecular formula is C9H8ClIO. The monoisotopic (exact) mass is 294 g/mol. The molecule has 0 aliphatic heterocycles. The maximum absolute atomic E-state index is 5.90. The summed E-state index contributed by atoms with van der Waals surface area (Å²) >= 11 is 8.01. The van der Waals surface area contributed by atoms with Gasteiger partial charge < -0.3 is 4.74 Å². The van der Waals surface area contributed by atoms with Crippen molar-refractivity contribution < 1.29 is 4.74 Å². The van der Waals surface area contributed by atoms with Gasteiger partial charge in [0.2, 0.25) is 0 Å². The minimum Gasteiger partial charge on any atom is -0.497 e. The zero-order valence-corrected chi connectivity index (χ0v) is 9.46. The molecule has 0 amide bonds. The Bertz CT molecular complexity index is 279. The number of hydrogen-bond acceptors (Lipinski definition) is 1. The van der Waals surface area contributed by atoms with Gasteiger partial charge in [0.1, 0.15) is 5.75 Å². The highest BCUT2D eigenvalue weighted by molar-refractivity contribution is 14.1. The molecule has 0 heterocycles. The van der Waals surface area contributed by atoms with Crippen molar-refractivity contribution in [3.8, 4) is 5.75 Å². The molecule has 3 heteroatoms. The molecule has 0 unspecified atom stereocenters. The third-order valence-electron chi connectivity index (χ3n) is 1.46. The molecule has 1 rings (SSSR count). The first-order valence-corrected chi connectivity index (χ1v) is 5.00. The molecule has 64 valence electrons. The van der Waals surface area contributed by atoms with Crippen molar-refractivity contribution in [2.24, 2.45) is 0 Å². The largest absolute Gasteiger partial charge is 0.497 e. The molecule has 0 bridgehead atoms. The molecule has 0 aliphatic rings. The summed E-state index contributed by atoms with van der Waals surface area (Å²) in [6.45, 7) is 0. The maximum Gasteiger partial charge on any atom is 0.118 e. The van der Waals surface area contributed by atoms with Crippen LogP contribution in [-0.2, 0) is 0 Å². The predicted octanol–water partition coefficient (Wildman–Crippen LogP) is 3.67. The smallest absolute Gasteiger partial charge is 0.118 e. The fourth-order valence-corrected chi connectivity index (χ4v) is 1.30. The average molecular weight is 295 g/mol. The summed E-state index contributed by atoms with van der Waals surface area (Å²) in [4.78, 5) is 0. The molecule has 0 N–H and O–H groups in total. The molecule has 0 atom stereocenters. The number of rotatable bonds is 2. The van der Waals surface area contributed by atoms with Crippen LogP contribution in [0.1, 0.15) is 5.56 Å². The molecule has 0 saturated carbocycles. The zero-order chi connectivity index (χ0) is 8.97. The van der Waals surface area contributed by atoms with Gasteiger partial charge in [0.25, 0.3) is 0 Å². The Morgan fingerprint density at radius 1 is 1.42 bits per heavy atom. The molecule has 0 fully saturated rings. The highest BCUT2D eigenvalue weighted by Gasteiger charge is 1.96. The van der Waals surface area contributed by atoms with Crippen LogP contribution in [0, 0.1) is 0 Å². The van der Waals surface area contributed by atoms with Crippen LogP contribution >= 0.6 is 34.2 Å². The summed E-state index contributed by atoms with van der Waals surface area (Å²) < 4.78 is 6.85.